The highest BCUT2D eigenvalue weighted by molar-refractivity contribution is 7.80. The van der Waals surface area contributed by atoms with E-state index in [2.05, 4.69) is 16.0 Å². The van der Waals surface area contributed by atoms with Crippen LogP contribution in [0.1, 0.15) is 12.5 Å². The van der Waals surface area contributed by atoms with Gasteiger partial charge in [-0.1, -0.05) is 54.6 Å². The van der Waals surface area contributed by atoms with Gasteiger partial charge in [0.1, 0.15) is 12.4 Å². The van der Waals surface area contributed by atoms with Crippen LogP contribution < -0.4 is 20.7 Å². The van der Waals surface area contributed by atoms with Crippen LogP contribution in [-0.2, 0) is 11.4 Å². The zero-order chi connectivity index (χ0) is 21.6. The molecule has 0 atom stereocenters. The first kappa shape index (κ1) is 20.6. The van der Waals surface area contributed by atoms with E-state index in [0.717, 1.165) is 33.8 Å². The van der Waals surface area contributed by atoms with Crippen LogP contribution in [0.5, 0.6) is 5.75 Å². The normalized spacial score (nSPS) is 13.3. The van der Waals surface area contributed by atoms with Crippen molar-refractivity contribution < 1.29 is 9.53 Å². The fraction of sp³-hybridized carbons (Fsp3) is 0.120. The summed E-state index contributed by atoms with van der Waals surface area (Å²) >= 11 is 5.06. The largest absolute Gasteiger partial charge is 0.489 e. The molecule has 3 N–H and O–H groups in total. The van der Waals surface area contributed by atoms with Gasteiger partial charge in [-0.3, -0.25) is 4.79 Å². The number of carbonyl (C=O) groups is 1. The summed E-state index contributed by atoms with van der Waals surface area (Å²) in [5, 5.41) is 9.43. The molecule has 0 radical (unpaired) electrons. The first-order valence-electron chi connectivity index (χ1n) is 10.0. The van der Waals surface area contributed by atoms with E-state index < -0.39 is 0 Å². The maximum atomic E-state index is 12.5. The zero-order valence-electron chi connectivity index (χ0n) is 17.1. The number of hydrogen-bond acceptors (Lipinski definition) is 3. The van der Waals surface area contributed by atoms with Gasteiger partial charge in [0.05, 0.1) is 5.57 Å². The van der Waals surface area contributed by atoms with E-state index in [1.165, 1.54) is 0 Å². The van der Waals surface area contributed by atoms with Crippen LogP contribution in [0.2, 0.25) is 0 Å². The van der Waals surface area contributed by atoms with Gasteiger partial charge in [0, 0.05) is 17.9 Å². The number of amides is 1. The second-order valence-corrected chi connectivity index (χ2v) is 7.65. The molecule has 5 nitrogen and oxygen atoms in total. The Morgan fingerprint density at radius 3 is 2.26 bits per heavy atom. The van der Waals surface area contributed by atoms with Gasteiger partial charge in [-0.2, -0.15) is 0 Å². The molecule has 1 aliphatic heterocycles. The Labute approximate surface area is 187 Å². The van der Waals surface area contributed by atoms with Crippen molar-refractivity contribution in [2.75, 3.05) is 11.9 Å². The number of benzene rings is 3. The minimum absolute atomic E-state index is 0.146. The lowest BCUT2D eigenvalue weighted by Crippen LogP contribution is -2.43. The average Bonchev–Trinajstić information content (AvgIpc) is 2.79. The number of rotatable bonds is 6. The topological polar surface area (TPSA) is 62.4 Å². The van der Waals surface area contributed by atoms with Gasteiger partial charge in [-0.15, -0.1) is 0 Å². The summed E-state index contributed by atoms with van der Waals surface area (Å²) in [4.78, 5) is 12.5. The number of hydrogen-bond donors (Lipinski definition) is 3. The Morgan fingerprint density at radius 1 is 0.968 bits per heavy atom. The van der Waals surface area contributed by atoms with Crippen molar-refractivity contribution in [3.8, 4) is 16.9 Å². The summed E-state index contributed by atoms with van der Waals surface area (Å²) < 4.78 is 5.85. The Balaban J connectivity index is 1.37. The highest BCUT2D eigenvalue weighted by Gasteiger charge is 2.18. The van der Waals surface area contributed by atoms with Crippen LogP contribution >= 0.6 is 12.2 Å². The Kier molecular flexibility index (Phi) is 6.29. The van der Waals surface area contributed by atoms with Crippen molar-refractivity contribution in [3.05, 3.63) is 95.7 Å². The molecule has 1 amide bonds. The van der Waals surface area contributed by atoms with Gasteiger partial charge in [0.25, 0.3) is 5.91 Å². The predicted octanol–water partition coefficient (Wildman–Crippen LogP) is 4.62. The van der Waals surface area contributed by atoms with E-state index in [1.54, 1.807) is 0 Å². The maximum Gasteiger partial charge on any atom is 0.255 e. The van der Waals surface area contributed by atoms with Crippen molar-refractivity contribution in [1.29, 1.82) is 0 Å². The van der Waals surface area contributed by atoms with E-state index in [1.807, 2.05) is 85.8 Å². The molecule has 4 rings (SSSR count). The van der Waals surface area contributed by atoms with Crippen molar-refractivity contribution in [3.63, 3.8) is 0 Å². The molecule has 3 aromatic rings. The minimum atomic E-state index is -0.146. The number of allylic oxidation sites excluding steroid dienone is 1. The molecule has 0 bridgehead atoms. The highest BCUT2D eigenvalue weighted by atomic mass is 32.1. The number of ether oxygens (including phenoxy) is 1. The highest BCUT2D eigenvalue weighted by Crippen LogP contribution is 2.24. The number of carbonyl (C=O) groups excluding carboxylic acids is 1. The molecular formula is C25H23N3O2S. The summed E-state index contributed by atoms with van der Waals surface area (Å²) in [5.74, 6) is 0.682. The molecule has 1 heterocycles. The van der Waals surface area contributed by atoms with Gasteiger partial charge < -0.3 is 20.7 Å². The van der Waals surface area contributed by atoms with Gasteiger partial charge >= 0.3 is 0 Å². The van der Waals surface area contributed by atoms with E-state index in [-0.39, 0.29) is 5.91 Å². The van der Waals surface area contributed by atoms with E-state index in [9.17, 15) is 4.79 Å². The van der Waals surface area contributed by atoms with Crippen molar-refractivity contribution >= 4 is 28.9 Å². The predicted molar refractivity (Wildman–Crippen MR) is 128 cm³/mol. The van der Waals surface area contributed by atoms with Gasteiger partial charge in [0.15, 0.2) is 5.11 Å². The molecule has 0 fully saturated rings. The zero-order valence-corrected chi connectivity index (χ0v) is 18.0. The van der Waals surface area contributed by atoms with Crippen molar-refractivity contribution in [1.82, 2.24) is 10.6 Å². The van der Waals surface area contributed by atoms with Gasteiger partial charge in [0.2, 0.25) is 0 Å². The molecule has 31 heavy (non-hydrogen) atoms. The summed E-state index contributed by atoms with van der Waals surface area (Å²) in [6.07, 6.45) is 0. The number of nitrogens with one attached hydrogen (secondary N) is 3. The standard InChI is InChI=1S/C25H23N3O2S/c1-17-23(15-26-25(31)27-17)24(29)28-21-11-7-19(8-12-21)20-9-13-22(14-10-20)30-16-18-5-3-2-4-6-18/h2-14H,15-16H2,1H3,(H,28,29)(H2,26,27,31). The fourth-order valence-electron chi connectivity index (χ4n) is 3.28. The van der Waals surface area contributed by atoms with Gasteiger partial charge in [-0.25, -0.2) is 0 Å². The molecule has 0 spiro atoms. The van der Waals surface area contributed by atoms with E-state index in [4.69, 9.17) is 17.0 Å². The molecular weight excluding hydrogens is 406 g/mol. The second-order valence-electron chi connectivity index (χ2n) is 7.24. The molecule has 6 heteroatoms. The third-order valence-corrected chi connectivity index (χ3v) is 5.28. The molecule has 156 valence electrons. The SMILES string of the molecule is CC1=C(C(=O)Nc2ccc(-c3ccc(OCc4ccccc4)cc3)cc2)CNC(=S)N1. The molecule has 0 saturated heterocycles. The Bertz CT molecular complexity index is 1110. The molecule has 0 aliphatic carbocycles. The fourth-order valence-corrected chi connectivity index (χ4v) is 3.50. The van der Waals surface area contributed by atoms with Crippen molar-refractivity contribution in [2.45, 2.75) is 13.5 Å². The monoisotopic (exact) mass is 429 g/mol. The third kappa shape index (κ3) is 5.29. The molecule has 0 unspecified atom stereocenters. The second kappa shape index (κ2) is 9.45. The maximum absolute atomic E-state index is 12.5. The Morgan fingerprint density at radius 2 is 1.61 bits per heavy atom. The average molecular weight is 430 g/mol. The van der Waals surface area contributed by atoms with Gasteiger partial charge in [-0.05, 0) is 60.1 Å². The smallest absolute Gasteiger partial charge is 0.255 e. The van der Waals surface area contributed by atoms with Crippen LogP contribution in [-0.4, -0.2) is 17.6 Å². The molecule has 0 aromatic heterocycles. The summed E-state index contributed by atoms with van der Waals surface area (Å²) in [6.45, 7) is 2.81. The molecule has 0 saturated carbocycles. The summed E-state index contributed by atoms with van der Waals surface area (Å²) in [7, 11) is 0. The quantitative estimate of drug-likeness (QED) is 0.499. The van der Waals surface area contributed by atoms with E-state index >= 15 is 0 Å². The Hall–Kier alpha value is -3.64. The lowest BCUT2D eigenvalue weighted by molar-refractivity contribution is -0.113. The summed E-state index contributed by atoms with van der Waals surface area (Å²) in [5.41, 5.74) is 5.44. The van der Waals surface area contributed by atoms with Crippen LogP contribution in [0.25, 0.3) is 11.1 Å². The molecule has 1 aliphatic rings. The van der Waals surface area contributed by atoms with Crippen LogP contribution in [0.15, 0.2) is 90.1 Å². The lowest BCUT2D eigenvalue weighted by Gasteiger charge is -2.21. The van der Waals surface area contributed by atoms with Crippen molar-refractivity contribution in [2.24, 2.45) is 0 Å². The molecule has 3 aromatic carbocycles. The van der Waals surface area contributed by atoms with Crippen LogP contribution in [0, 0.1) is 0 Å². The van der Waals surface area contributed by atoms with Crippen LogP contribution in [0.4, 0.5) is 5.69 Å². The van der Waals surface area contributed by atoms with E-state index in [0.29, 0.717) is 23.8 Å². The van der Waals surface area contributed by atoms with Crippen LogP contribution in [0.3, 0.4) is 0 Å². The first-order chi connectivity index (χ1) is 15.1. The third-order valence-electron chi connectivity index (χ3n) is 5.03. The summed E-state index contributed by atoms with van der Waals surface area (Å²) in [6, 6.07) is 25.9. The number of anilines is 1. The minimum Gasteiger partial charge on any atom is -0.489 e. The lowest BCUT2D eigenvalue weighted by atomic mass is 10.1. The number of thiocarbonyl (C=S) groups is 1. The first-order valence-corrected chi connectivity index (χ1v) is 10.4.